The second-order valence-electron chi connectivity index (χ2n) is 8.02. The van der Waals surface area contributed by atoms with Gasteiger partial charge in [0, 0.05) is 31.2 Å². The first-order valence-electron chi connectivity index (χ1n) is 10.7. The lowest BCUT2D eigenvalue weighted by Gasteiger charge is -2.34. The first-order chi connectivity index (χ1) is 16.7. The molecule has 0 aliphatic carbocycles. The third-order valence-electron chi connectivity index (χ3n) is 5.56. The number of nitrogens with zero attached hydrogens (tertiary/aromatic N) is 3. The Morgan fingerprint density at radius 2 is 1.71 bits per heavy atom. The van der Waals surface area contributed by atoms with Gasteiger partial charge in [-0.3, -0.25) is 4.79 Å². The fourth-order valence-electron chi connectivity index (χ4n) is 3.83. The van der Waals surface area contributed by atoms with Gasteiger partial charge in [0.2, 0.25) is 10.0 Å². The number of rotatable bonds is 5. The summed E-state index contributed by atoms with van der Waals surface area (Å²) in [6.07, 6.45) is 0. The van der Waals surface area contributed by atoms with Crippen molar-refractivity contribution in [2.75, 3.05) is 26.2 Å². The molecule has 1 amide bonds. The molecule has 0 spiro atoms. The Balaban J connectivity index is 1.58. The maximum absolute atomic E-state index is 13.6. The topological polar surface area (TPSA) is 90.7 Å². The number of amides is 1. The van der Waals surface area contributed by atoms with Crippen molar-refractivity contribution in [1.29, 1.82) is 5.26 Å². The van der Waals surface area contributed by atoms with Crippen molar-refractivity contribution in [3.05, 3.63) is 87.4 Å². The summed E-state index contributed by atoms with van der Waals surface area (Å²) in [5, 5.41) is 10.1. The highest BCUT2D eigenvalue weighted by molar-refractivity contribution is 7.89. The van der Waals surface area contributed by atoms with Crippen molar-refractivity contribution in [2.24, 2.45) is 0 Å². The number of hydrogen-bond donors (Lipinski definition) is 0. The van der Waals surface area contributed by atoms with Crippen molar-refractivity contribution >= 4 is 39.1 Å². The summed E-state index contributed by atoms with van der Waals surface area (Å²) >= 11 is 12.3. The van der Waals surface area contributed by atoms with Crippen molar-refractivity contribution in [3.8, 4) is 17.6 Å². The highest BCUT2D eigenvalue weighted by atomic mass is 35.5. The highest BCUT2D eigenvalue weighted by Crippen LogP contribution is 2.34. The summed E-state index contributed by atoms with van der Waals surface area (Å²) in [5.74, 6) is 0.214. The molecule has 0 bridgehead atoms. The van der Waals surface area contributed by atoms with E-state index in [0.29, 0.717) is 21.4 Å². The molecular formula is C25H21Cl2N3O4S. The summed E-state index contributed by atoms with van der Waals surface area (Å²) in [4.78, 5) is 14.3. The van der Waals surface area contributed by atoms with E-state index in [4.69, 9.17) is 27.9 Å². The molecule has 1 saturated heterocycles. The van der Waals surface area contributed by atoms with Crippen LogP contribution in [-0.4, -0.2) is 49.7 Å². The van der Waals surface area contributed by atoms with Crippen LogP contribution in [0.3, 0.4) is 0 Å². The Morgan fingerprint density at radius 1 is 1.00 bits per heavy atom. The maximum atomic E-state index is 13.6. The zero-order chi connectivity index (χ0) is 25.2. The van der Waals surface area contributed by atoms with E-state index >= 15 is 0 Å². The molecule has 0 saturated carbocycles. The predicted molar refractivity (Wildman–Crippen MR) is 134 cm³/mol. The molecule has 0 N–H and O–H groups in total. The number of nitriles is 1. The highest BCUT2D eigenvalue weighted by Gasteiger charge is 2.33. The van der Waals surface area contributed by atoms with Gasteiger partial charge in [0.15, 0.2) is 0 Å². The van der Waals surface area contributed by atoms with Crippen LogP contribution in [0.4, 0.5) is 0 Å². The van der Waals surface area contributed by atoms with Crippen LogP contribution in [0, 0.1) is 18.3 Å². The van der Waals surface area contributed by atoms with E-state index in [1.807, 2.05) is 13.0 Å². The van der Waals surface area contributed by atoms with Crippen LogP contribution in [0.1, 0.15) is 21.5 Å². The summed E-state index contributed by atoms with van der Waals surface area (Å²) in [5.41, 5.74) is 1.41. The van der Waals surface area contributed by atoms with Crippen molar-refractivity contribution in [1.82, 2.24) is 9.21 Å². The molecule has 3 aromatic carbocycles. The lowest BCUT2D eigenvalue weighted by atomic mass is 10.2. The number of halogens is 2. The Bertz CT molecular complexity index is 1410. The van der Waals surface area contributed by atoms with Gasteiger partial charge < -0.3 is 9.64 Å². The second kappa shape index (κ2) is 10.3. The number of ether oxygens (including phenoxy) is 1. The van der Waals surface area contributed by atoms with E-state index in [1.54, 1.807) is 47.4 Å². The summed E-state index contributed by atoms with van der Waals surface area (Å²) in [6, 6.07) is 18.0. The molecule has 0 atom stereocenters. The molecule has 0 radical (unpaired) electrons. The lowest BCUT2D eigenvalue weighted by molar-refractivity contribution is 0.0698. The van der Waals surface area contributed by atoms with Gasteiger partial charge in [-0.1, -0.05) is 35.3 Å². The van der Waals surface area contributed by atoms with Gasteiger partial charge in [0.1, 0.15) is 16.4 Å². The van der Waals surface area contributed by atoms with Gasteiger partial charge in [-0.15, -0.1) is 0 Å². The zero-order valence-electron chi connectivity index (χ0n) is 18.7. The summed E-state index contributed by atoms with van der Waals surface area (Å²) in [7, 11) is -4.03. The van der Waals surface area contributed by atoms with Crippen LogP contribution in [0.2, 0.25) is 10.0 Å². The van der Waals surface area contributed by atoms with Gasteiger partial charge in [-0.2, -0.15) is 9.57 Å². The van der Waals surface area contributed by atoms with Crippen LogP contribution in [0.5, 0.6) is 11.5 Å². The number of aryl methyl sites for hydroxylation is 1. The van der Waals surface area contributed by atoms with E-state index < -0.39 is 10.0 Å². The van der Waals surface area contributed by atoms with Crippen LogP contribution in [-0.2, 0) is 10.0 Å². The average molecular weight is 530 g/mol. The minimum atomic E-state index is -4.03. The first-order valence-corrected chi connectivity index (χ1v) is 12.9. The molecular weight excluding hydrogens is 509 g/mol. The van der Waals surface area contributed by atoms with E-state index in [-0.39, 0.29) is 48.3 Å². The fraction of sp³-hybridized carbons (Fsp3) is 0.200. The minimum absolute atomic E-state index is 0.0836. The first kappa shape index (κ1) is 25.0. The molecule has 3 aromatic rings. The van der Waals surface area contributed by atoms with Gasteiger partial charge in [0.25, 0.3) is 5.91 Å². The Labute approximate surface area is 214 Å². The average Bonchev–Trinajstić information content (AvgIpc) is 2.83. The van der Waals surface area contributed by atoms with Crippen LogP contribution >= 0.6 is 23.2 Å². The zero-order valence-corrected chi connectivity index (χ0v) is 21.1. The number of hydrogen-bond acceptors (Lipinski definition) is 5. The summed E-state index contributed by atoms with van der Waals surface area (Å²) < 4.78 is 34.4. The summed E-state index contributed by atoms with van der Waals surface area (Å²) in [6.45, 7) is 2.42. The third-order valence-corrected chi connectivity index (χ3v) is 8.03. The molecule has 0 unspecified atom stereocenters. The second-order valence-corrected chi connectivity index (χ2v) is 10.8. The van der Waals surface area contributed by atoms with E-state index in [9.17, 15) is 18.5 Å². The van der Waals surface area contributed by atoms with E-state index in [1.165, 1.54) is 22.5 Å². The van der Waals surface area contributed by atoms with Crippen molar-refractivity contribution in [2.45, 2.75) is 11.8 Å². The smallest absolute Gasteiger partial charge is 0.255 e. The van der Waals surface area contributed by atoms with E-state index in [0.717, 1.165) is 5.56 Å². The molecule has 1 aliphatic heterocycles. The molecule has 7 nitrogen and oxygen atoms in total. The number of carbonyl (C=O) groups excluding carboxylic acids is 1. The van der Waals surface area contributed by atoms with Crippen LogP contribution in [0.25, 0.3) is 0 Å². The lowest BCUT2D eigenvalue weighted by Crippen LogP contribution is -2.50. The Kier molecular flexibility index (Phi) is 7.33. The SMILES string of the molecule is Cc1cc(Cl)cc(Oc2ccc(C#N)cc2S(=O)(=O)N2CCN(C(=O)c3ccccc3Cl)CC2)c1. The normalized spacial score (nSPS) is 14.4. The number of piperazine rings is 1. The van der Waals surface area contributed by atoms with Crippen molar-refractivity contribution < 1.29 is 17.9 Å². The molecule has 1 heterocycles. The third kappa shape index (κ3) is 5.44. The molecule has 0 aromatic heterocycles. The standard InChI is InChI=1S/C25H21Cl2N3O4S/c1-17-12-19(26)15-20(13-17)34-23-7-6-18(16-28)14-24(23)35(32,33)30-10-8-29(9-11-30)25(31)21-4-2-3-5-22(21)27/h2-7,12-15H,8-11H2,1H3. The maximum Gasteiger partial charge on any atom is 0.255 e. The Hall–Kier alpha value is -3.09. The van der Waals surface area contributed by atoms with Gasteiger partial charge in [0.05, 0.1) is 22.2 Å². The van der Waals surface area contributed by atoms with Gasteiger partial charge >= 0.3 is 0 Å². The van der Waals surface area contributed by atoms with Gasteiger partial charge in [-0.25, -0.2) is 8.42 Å². The number of sulfonamides is 1. The van der Waals surface area contributed by atoms with Crippen LogP contribution in [0.15, 0.2) is 65.6 Å². The molecule has 4 rings (SSSR count). The predicted octanol–water partition coefficient (Wildman–Crippen LogP) is 5.11. The Morgan fingerprint density at radius 3 is 2.37 bits per heavy atom. The quantitative estimate of drug-likeness (QED) is 0.457. The molecule has 1 fully saturated rings. The monoisotopic (exact) mass is 529 g/mol. The van der Waals surface area contributed by atoms with Crippen LogP contribution < -0.4 is 4.74 Å². The largest absolute Gasteiger partial charge is 0.456 e. The molecule has 10 heteroatoms. The molecule has 35 heavy (non-hydrogen) atoms. The van der Waals surface area contributed by atoms with Crippen molar-refractivity contribution in [3.63, 3.8) is 0 Å². The van der Waals surface area contributed by atoms with Gasteiger partial charge in [-0.05, 0) is 61.0 Å². The fourth-order valence-corrected chi connectivity index (χ4v) is 5.89. The minimum Gasteiger partial charge on any atom is -0.456 e. The number of benzene rings is 3. The molecule has 1 aliphatic rings. The van der Waals surface area contributed by atoms with E-state index in [2.05, 4.69) is 0 Å². The molecule has 180 valence electrons. The number of carbonyl (C=O) groups is 1.